The molecule has 0 heterocycles. The first-order chi connectivity index (χ1) is 41.5. The van der Waals surface area contributed by atoms with E-state index in [4.69, 9.17) is 4.74 Å². The number of aliphatic hydroxyl groups excluding tert-OH is 2. The molecular weight excluding hydrogens is 1030 g/mol. The van der Waals surface area contributed by atoms with Gasteiger partial charge in [0, 0.05) is 12.8 Å². The predicted molar refractivity (Wildman–Crippen MR) is 370 cm³/mol. The molecule has 0 aromatic carbocycles. The summed E-state index contributed by atoms with van der Waals surface area (Å²) in [5.41, 5.74) is 0. The van der Waals surface area contributed by atoms with Crippen LogP contribution in [0.15, 0.2) is 36.5 Å². The van der Waals surface area contributed by atoms with Crippen molar-refractivity contribution in [1.29, 1.82) is 0 Å². The molecule has 0 fully saturated rings. The first-order valence-electron chi connectivity index (χ1n) is 38.3. The van der Waals surface area contributed by atoms with E-state index in [0.717, 1.165) is 44.9 Å². The van der Waals surface area contributed by atoms with Gasteiger partial charge in [0.1, 0.15) is 0 Å². The van der Waals surface area contributed by atoms with Crippen molar-refractivity contribution >= 4 is 11.9 Å². The van der Waals surface area contributed by atoms with E-state index in [0.29, 0.717) is 19.4 Å². The molecule has 0 spiro atoms. The summed E-state index contributed by atoms with van der Waals surface area (Å²) in [5, 5.41) is 23.3. The van der Waals surface area contributed by atoms with Gasteiger partial charge < -0.3 is 20.3 Å². The second-order valence-electron chi connectivity index (χ2n) is 26.3. The Labute approximate surface area is 525 Å². The minimum absolute atomic E-state index is 0.0101. The third kappa shape index (κ3) is 69.2. The minimum atomic E-state index is -0.844. The Morgan fingerprint density at radius 2 is 0.560 bits per heavy atom. The molecule has 0 radical (unpaired) electrons. The van der Waals surface area contributed by atoms with Crippen LogP contribution in [0.4, 0.5) is 0 Å². The quantitative estimate of drug-likeness (QED) is 0.0320. The maximum atomic E-state index is 12.5. The molecule has 0 aliphatic rings. The summed E-state index contributed by atoms with van der Waals surface area (Å²) in [5.74, 6) is -0.0517. The van der Waals surface area contributed by atoms with Crippen molar-refractivity contribution in [3.63, 3.8) is 0 Å². The number of carbonyl (C=O) groups is 2. The average Bonchev–Trinajstić information content (AvgIpc) is 3.51. The zero-order valence-electron chi connectivity index (χ0n) is 56.9. The smallest absolute Gasteiger partial charge is 0.305 e. The number of unbranched alkanes of at least 4 members (excludes halogenated alkanes) is 57. The second kappa shape index (κ2) is 73.5. The molecule has 0 aromatic heterocycles. The lowest BCUT2D eigenvalue weighted by atomic mass is 10.0. The fourth-order valence-electron chi connectivity index (χ4n) is 12.0. The number of carbonyl (C=O) groups excluding carboxylic acids is 2. The van der Waals surface area contributed by atoms with Crippen LogP contribution in [-0.4, -0.2) is 47.4 Å². The van der Waals surface area contributed by atoms with Gasteiger partial charge in [-0.2, -0.15) is 0 Å². The van der Waals surface area contributed by atoms with Gasteiger partial charge in [0.25, 0.3) is 0 Å². The van der Waals surface area contributed by atoms with Gasteiger partial charge in [0.2, 0.25) is 5.91 Å². The van der Waals surface area contributed by atoms with Crippen LogP contribution < -0.4 is 5.32 Å². The average molecular weight is 1180 g/mol. The molecule has 0 aromatic rings. The number of amides is 1. The summed E-state index contributed by atoms with van der Waals surface area (Å²) in [6.07, 6.45) is 95.4. The van der Waals surface area contributed by atoms with Gasteiger partial charge >= 0.3 is 5.97 Å². The SMILES string of the molecule is CCCCCCCC/C=C\CCCCCCCC(=O)OCCCCCCCCCCCCCC/C=C\CCCCCCCCCCCCCCCCCC(=O)NC(CO)C(O)/C=C/CCCCCCCCCCCCCCCCCCCCC. The van der Waals surface area contributed by atoms with E-state index in [9.17, 15) is 19.8 Å². The van der Waals surface area contributed by atoms with Crippen molar-refractivity contribution < 1.29 is 24.5 Å². The molecule has 6 heteroatoms. The van der Waals surface area contributed by atoms with Gasteiger partial charge in [-0.05, 0) is 83.5 Å². The Hall–Kier alpha value is -1.92. The lowest BCUT2D eigenvalue weighted by molar-refractivity contribution is -0.143. The van der Waals surface area contributed by atoms with Gasteiger partial charge in [0.05, 0.1) is 25.4 Å². The third-order valence-electron chi connectivity index (χ3n) is 17.9. The first kappa shape index (κ1) is 82.1. The Balaban J connectivity index is 3.38. The van der Waals surface area contributed by atoms with Crippen molar-refractivity contribution in [2.45, 2.75) is 437 Å². The largest absolute Gasteiger partial charge is 0.466 e. The molecule has 0 saturated carbocycles. The second-order valence-corrected chi connectivity index (χ2v) is 26.3. The standard InChI is InChI=1S/C78H149NO5/c1-3-5-7-9-11-13-15-17-19-20-21-33-36-39-43-46-50-54-58-62-66-70-76(81)75(74-80)79-77(82)71-67-63-59-55-51-47-44-40-37-34-31-29-27-25-23-22-24-26-28-30-32-35-38-41-45-49-53-57-61-65-69-73-84-78(83)72-68-64-60-56-52-48-42-18-16-14-12-10-8-6-4-2/h18,24,26,42,66,70,75-76,80-81H,3-17,19-23,25,27-41,43-65,67-69,71-74H2,1-2H3,(H,79,82)/b26-24-,42-18-,70-66+. The van der Waals surface area contributed by atoms with Crippen LogP contribution in [0.2, 0.25) is 0 Å². The number of allylic oxidation sites excluding steroid dienone is 5. The van der Waals surface area contributed by atoms with E-state index in [-0.39, 0.29) is 18.5 Å². The fourth-order valence-corrected chi connectivity index (χ4v) is 12.0. The molecule has 0 aliphatic carbocycles. The number of rotatable bonds is 72. The van der Waals surface area contributed by atoms with Crippen LogP contribution in [0.3, 0.4) is 0 Å². The molecule has 2 atom stereocenters. The van der Waals surface area contributed by atoms with Gasteiger partial charge in [0.15, 0.2) is 0 Å². The highest BCUT2D eigenvalue weighted by molar-refractivity contribution is 5.76. The number of aliphatic hydroxyl groups is 2. The zero-order chi connectivity index (χ0) is 60.6. The summed E-state index contributed by atoms with van der Waals surface area (Å²) >= 11 is 0. The van der Waals surface area contributed by atoms with Crippen molar-refractivity contribution in [2.24, 2.45) is 0 Å². The molecule has 0 saturated heterocycles. The van der Waals surface area contributed by atoms with Crippen molar-refractivity contribution in [2.75, 3.05) is 13.2 Å². The zero-order valence-corrected chi connectivity index (χ0v) is 56.9. The minimum Gasteiger partial charge on any atom is -0.466 e. The van der Waals surface area contributed by atoms with Gasteiger partial charge in [-0.15, -0.1) is 0 Å². The van der Waals surface area contributed by atoms with Gasteiger partial charge in [-0.1, -0.05) is 365 Å². The number of esters is 1. The fraction of sp³-hybridized carbons (Fsp3) is 0.897. The lowest BCUT2D eigenvalue weighted by Gasteiger charge is -2.20. The van der Waals surface area contributed by atoms with Crippen LogP contribution in [0, 0.1) is 0 Å². The van der Waals surface area contributed by atoms with E-state index in [1.165, 1.54) is 353 Å². The molecule has 496 valence electrons. The molecule has 84 heavy (non-hydrogen) atoms. The Morgan fingerprint density at radius 3 is 0.845 bits per heavy atom. The highest BCUT2D eigenvalue weighted by Gasteiger charge is 2.18. The summed E-state index contributed by atoms with van der Waals surface area (Å²) in [7, 11) is 0. The lowest BCUT2D eigenvalue weighted by Crippen LogP contribution is -2.45. The summed E-state index contributed by atoms with van der Waals surface area (Å²) in [6.45, 7) is 4.94. The van der Waals surface area contributed by atoms with Crippen LogP contribution in [0.1, 0.15) is 425 Å². The molecule has 2 unspecified atom stereocenters. The number of ether oxygens (including phenoxy) is 1. The monoisotopic (exact) mass is 1180 g/mol. The van der Waals surface area contributed by atoms with Crippen LogP contribution in [0.5, 0.6) is 0 Å². The number of hydrogen-bond donors (Lipinski definition) is 3. The van der Waals surface area contributed by atoms with Gasteiger partial charge in [-0.3, -0.25) is 9.59 Å². The topological polar surface area (TPSA) is 95.9 Å². The van der Waals surface area contributed by atoms with Crippen LogP contribution >= 0.6 is 0 Å². The van der Waals surface area contributed by atoms with Crippen LogP contribution in [0.25, 0.3) is 0 Å². The molecule has 6 nitrogen and oxygen atoms in total. The van der Waals surface area contributed by atoms with E-state index >= 15 is 0 Å². The molecule has 3 N–H and O–H groups in total. The maximum absolute atomic E-state index is 12.5. The molecule has 0 bridgehead atoms. The normalized spacial score (nSPS) is 12.7. The molecule has 0 aliphatic heterocycles. The van der Waals surface area contributed by atoms with E-state index < -0.39 is 12.1 Å². The number of hydrogen-bond acceptors (Lipinski definition) is 5. The van der Waals surface area contributed by atoms with E-state index in [2.05, 4.69) is 43.5 Å². The molecule has 0 rings (SSSR count). The third-order valence-corrected chi connectivity index (χ3v) is 17.9. The van der Waals surface area contributed by atoms with Crippen LogP contribution in [-0.2, 0) is 14.3 Å². The molecule has 1 amide bonds. The highest BCUT2D eigenvalue weighted by Crippen LogP contribution is 2.19. The predicted octanol–water partition coefficient (Wildman–Crippen LogP) is 25.0. The summed E-state index contributed by atoms with van der Waals surface area (Å²) < 4.78 is 5.49. The Kier molecular flexibility index (Phi) is 71.9. The highest BCUT2D eigenvalue weighted by atomic mass is 16.5. The van der Waals surface area contributed by atoms with Crippen molar-refractivity contribution in [1.82, 2.24) is 5.32 Å². The summed E-state index contributed by atoms with van der Waals surface area (Å²) in [4.78, 5) is 24.6. The maximum Gasteiger partial charge on any atom is 0.305 e. The first-order valence-corrected chi connectivity index (χ1v) is 38.3. The van der Waals surface area contributed by atoms with Gasteiger partial charge in [-0.25, -0.2) is 0 Å². The van der Waals surface area contributed by atoms with Crippen molar-refractivity contribution in [3.05, 3.63) is 36.5 Å². The molecular formula is C78H149NO5. The number of nitrogens with one attached hydrogen (secondary N) is 1. The van der Waals surface area contributed by atoms with E-state index in [1.54, 1.807) is 6.08 Å². The Bertz CT molecular complexity index is 1360. The van der Waals surface area contributed by atoms with E-state index in [1.807, 2.05) is 6.08 Å². The Morgan fingerprint density at radius 1 is 0.321 bits per heavy atom. The summed E-state index contributed by atoms with van der Waals surface area (Å²) in [6, 6.07) is -0.628. The van der Waals surface area contributed by atoms with Crippen molar-refractivity contribution in [3.8, 4) is 0 Å².